The lowest BCUT2D eigenvalue weighted by Gasteiger charge is -2.10. The molecule has 90 valence electrons. The van der Waals surface area contributed by atoms with Crippen molar-refractivity contribution in [1.82, 2.24) is 0 Å². The molecule has 4 heteroatoms. The summed E-state index contributed by atoms with van der Waals surface area (Å²) in [6, 6.07) is 8.13. The normalized spacial score (nSPS) is 12.6. The molecular weight excluding hydrogens is 259 g/mol. The highest BCUT2D eigenvalue weighted by Crippen LogP contribution is 2.20. The zero-order valence-electron chi connectivity index (χ0n) is 9.07. The maximum atomic E-state index is 13.0. The number of halogens is 2. The molecule has 0 saturated heterocycles. The average molecular weight is 271 g/mol. The smallest absolute Gasteiger partial charge is 0.123 e. The maximum absolute atomic E-state index is 13.0. The minimum atomic E-state index is -0.534. The predicted octanol–water partition coefficient (Wildman–Crippen LogP) is 3.69. The summed E-state index contributed by atoms with van der Waals surface area (Å²) in [7, 11) is 0. The summed E-state index contributed by atoms with van der Waals surface area (Å²) in [5.41, 5.74) is 0.649. The molecule has 1 heterocycles. The number of hydrogen-bond acceptors (Lipinski definition) is 2. The van der Waals surface area contributed by atoms with Crippen LogP contribution in [0.25, 0.3) is 0 Å². The lowest BCUT2D eigenvalue weighted by Crippen LogP contribution is -2.13. The van der Waals surface area contributed by atoms with Crippen LogP contribution in [0.2, 0.25) is 5.02 Å². The van der Waals surface area contributed by atoms with Crippen LogP contribution in [0, 0.1) is 5.82 Å². The minimum Gasteiger partial charge on any atom is -0.392 e. The third-order valence-corrected chi connectivity index (χ3v) is 3.75. The van der Waals surface area contributed by atoms with Gasteiger partial charge in [-0.1, -0.05) is 17.7 Å². The summed E-state index contributed by atoms with van der Waals surface area (Å²) in [5.74, 6) is -0.326. The van der Waals surface area contributed by atoms with Crippen molar-refractivity contribution in [1.29, 1.82) is 0 Å². The number of hydrogen-bond donors (Lipinski definition) is 1. The van der Waals surface area contributed by atoms with Gasteiger partial charge in [-0.25, -0.2) is 4.39 Å². The first kappa shape index (κ1) is 12.6. The summed E-state index contributed by atoms with van der Waals surface area (Å²) < 4.78 is 13.0. The Morgan fingerprint density at radius 1 is 1.29 bits per heavy atom. The number of rotatable bonds is 4. The Balaban J connectivity index is 2.02. The lowest BCUT2D eigenvalue weighted by atomic mass is 10.0. The van der Waals surface area contributed by atoms with E-state index in [0.717, 1.165) is 4.88 Å². The quantitative estimate of drug-likeness (QED) is 0.898. The van der Waals surface area contributed by atoms with Crippen molar-refractivity contribution in [3.63, 3.8) is 0 Å². The molecule has 1 N–H and O–H groups in total. The van der Waals surface area contributed by atoms with Crippen LogP contribution < -0.4 is 0 Å². The van der Waals surface area contributed by atoms with E-state index in [1.54, 1.807) is 11.3 Å². The van der Waals surface area contributed by atoms with E-state index in [2.05, 4.69) is 0 Å². The summed E-state index contributed by atoms with van der Waals surface area (Å²) in [4.78, 5) is 1.12. The van der Waals surface area contributed by atoms with E-state index in [1.165, 1.54) is 18.2 Å². The van der Waals surface area contributed by atoms with Gasteiger partial charge in [-0.15, -0.1) is 11.3 Å². The number of benzene rings is 1. The largest absolute Gasteiger partial charge is 0.392 e. The van der Waals surface area contributed by atoms with E-state index < -0.39 is 6.10 Å². The molecule has 17 heavy (non-hydrogen) atoms. The molecule has 0 radical (unpaired) electrons. The molecule has 1 aromatic carbocycles. The van der Waals surface area contributed by atoms with Gasteiger partial charge in [0.05, 0.1) is 6.10 Å². The monoisotopic (exact) mass is 270 g/mol. The van der Waals surface area contributed by atoms with Crippen LogP contribution in [-0.2, 0) is 12.8 Å². The Kier molecular flexibility index (Phi) is 4.15. The van der Waals surface area contributed by atoms with Crippen LogP contribution in [0.4, 0.5) is 4.39 Å². The van der Waals surface area contributed by atoms with Gasteiger partial charge >= 0.3 is 0 Å². The number of aliphatic hydroxyl groups is 1. The molecule has 0 bridgehead atoms. The number of aliphatic hydroxyl groups excluding tert-OH is 1. The molecule has 0 aliphatic rings. The fourth-order valence-electron chi connectivity index (χ4n) is 1.69. The van der Waals surface area contributed by atoms with Gasteiger partial charge in [-0.2, -0.15) is 0 Å². The molecule has 1 aromatic heterocycles. The van der Waals surface area contributed by atoms with Crippen LogP contribution >= 0.6 is 22.9 Å². The molecule has 1 atom stereocenters. The van der Waals surface area contributed by atoms with Crippen LogP contribution in [-0.4, -0.2) is 11.2 Å². The third-order valence-electron chi connectivity index (χ3n) is 2.48. The molecule has 0 aliphatic carbocycles. The van der Waals surface area contributed by atoms with Gasteiger partial charge in [0.15, 0.2) is 0 Å². The van der Waals surface area contributed by atoms with Crippen molar-refractivity contribution in [3.8, 4) is 0 Å². The lowest BCUT2D eigenvalue weighted by molar-refractivity contribution is 0.176. The summed E-state index contributed by atoms with van der Waals surface area (Å²) >= 11 is 7.55. The van der Waals surface area contributed by atoms with Crippen molar-refractivity contribution in [2.75, 3.05) is 0 Å². The molecule has 0 amide bonds. The van der Waals surface area contributed by atoms with Gasteiger partial charge in [0.1, 0.15) is 5.82 Å². The van der Waals surface area contributed by atoms with Crippen molar-refractivity contribution >= 4 is 22.9 Å². The highest BCUT2D eigenvalue weighted by Gasteiger charge is 2.10. The third kappa shape index (κ3) is 3.53. The van der Waals surface area contributed by atoms with Crippen LogP contribution in [0.15, 0.2) is 35.7 Å². The molecule has 2 aromatic rings. The molecule has 0 spiro atoms. The van der Waals surface area contributed by atoms with E-state index in [9.17, 15) is 9.50 Å². The van der Waals surface area contributed by atoms with Gasteiger partial charge in [0.25, 0.3) is 0 Å². The average Bonchev–Trinajstić information content (AvgIpc) is 2.76. The Hall–Kier alpha value is -0.900. The van der Waals surface area contributed by atoms with Crippen molar-refractivity contribution in [2.24, 2.45) is 0 Å². The first-order valence-electron chi connectivity index (χ1n) is 5.29. The molecule has 1 nitrogen and oxygen atoms in total. The summed E-state index contributed by atoms with van der Waals surface area (Å²) in [5, 5.41) is 12.4. The van der Waals surface area contributed by atoms with Crippen molar-refractivity contribution in [3.05, 3.63) is 57.0 Å². The first-order valence-corrected chi connectivity index (χ1v) is 6.55. The van der Waals surface area contributed by atoms with Gasteiger partial charge in [-0.05, 0) is 35.2 Å². The molecular formula is C13H12ClFOS. The Morgan fingerprint density at radius 2 is 2.12 bits per heavy atom. The molecule has 0 saturated carbocycles. The van der Waals surface area contributed by atoms with E-state index in [1.807, 2.05) is 17.5 Å². The Labute approximate surface area is 108 Å². The second-order valence-electron chi connectivity index (χ2n) is 3.88. The highest BCUT2D eigenvalue weighted by atomic mass is 35.5. The molecule has 2 rings (SSSR count). The fraction of sp³-hybridized carbons (Fsp3) is 0.231. The van der Waals surface area contributed by atoms with Gasteiger partial charge in [0.2, 0.25) is 0 Å². The van der Waals surface area contributed by atoms with E-state index in [-0.39, 0.29) is 5.82 Å². The maximum Gasteiger partial charge on any atom is 0.123 e. The molecule has 0 aliphatic heterocycles. The van der Waals surface area contributed by atoms with E-state index >= 15 is 0 Å². The molecule has 0 fully saturated rings. The van der Waals surface area contributed by atoms with Gasteiger partial charge < -0.3 is 5.11 Å². The van der Waals surface area contributed by atoms with Crippen molar-refractivity contribution < 1.29 is 9.50 Å². The zero-order chi connectivity index (χ0) is 12.3. The van der Waals surface area contributed by atoms with Crippen LogP contribution in [0.5, 0.6) is 0 Å². The molecule has 1 unspecified atom stereocenters. The van der Waals surface area contributed by atoms with Crippen LogP contribution in [0.3, 0.4) is 0 Å². The zero-order valence-corrected chi connectivity index (χ0v) is 10.6. The highest BCUT2D eigenvalue weighted by molar-refractivity contribution is 7.09. The fourth-order valence-corrected chi connectivity index (χ4v) is 2.66. The second kappa shape index (κ2) is 5.63. The SMILES string of the molecule is OC(Cc1cccs1)Cc1cc(F)ccc1Cl. The summed E-state index contributed by atoms with van der Waals surface area (Å²) in [6.45, 7) is 0. The number of thiophene rings is 1. The first-order chi connectivity index (χ1) is 8.15. The predicted molar refractivity (Wildman–Crippen MR) is 69.1 cm³/mol. The van der Waals surface area contributed by atoms with E-state index in [4.69, 9.17) is 11.6 Å². The summed E-state index contributed by atoms with van der Waals surface area (Å²) in [6.07, 6.45) is 0.409. The van der Waals surface area contributed by atoms with Crippen LogP contribution in [0.1, 0.15) is 10.4 Å². The van der Waals surface area contributed by atoms with Gasteiger partial charge in [0, 0.05) is 22.7 Å². The Bertz CT molecular complexity index is 484. The van der Waals surface area contributed by atoms with E-state index in [0.29, 0.717) is 23.4 Å². The topological polar surface area (TPSA) is 20.2 Å². The minimum absolute atomic E-state index is 0.326. The van der Waals surface area contributed by atoms with Gasteiger partial charge in [-0.3, -0.25) is 0 Å². The Morgan fingerprint density at radius 3 is 2.82 bits per heavy atom. The second-order valence-corrected chi connectivity index (χ2v) is 5.32. The van der Waals surface area contributed by atoms with Crippen molar-refractivity contribution in [2.45, 2.75) is 18.9 Å². The standard InChI is InChI=1S/C13H12ClFOS/c14-13-4-3-10(15)6-9(13)7-11(16)8-12-2-1-5-17-12/h1-6,11,16H,7-8H2.